The fourth-order valence-electron chi connectivity index (χ4n) is 2.73. The van der Waals surface area contributed by atoms with Crippen LogP contribution < -0.4 is 5.32 Å². The molecule has 0 radical (unpaired) electrons. The average molecular weight is 247 g/mol. The van der Waals surface area contributed by atoms with Gasteiger partial charge in [-0.3, -0.25) is 0 Å². The van der Waals surface area contributed by atoms with Gasteiger partial charge in [-0.2, -0.15) is 0 Å². The summed E-state index contributed by atoms with van der Waals surface area (Å²) in [6.07, 6.45) is 10.3. The van der Waals surface area contributed by atoms with Gasteiger partial charge in [-0.05, 0) is 37.0 Å². The van der Waals surface area contributed by atoms with E-state index in [4.69, 9.17) is 5.11 Å². The minimum Gasteiger partial charge on any atom is -0.396 e. The van der Waals surface area contributed by atoms with Crippen molar-refractivity contribution in [2.24, 2.45) is 0 Å². The predicted molar refractivity (Wildman–Crippen MR) is 77.0 cm³/mol. The second-order valence-electron chi connectivity index (χ2n) is 5.36. The zero-order valence-electron chi connectivity index (χ0n) is 11.2. The molecule has 0 spiro atoms. The molecule has 1 aliphatic carbocycles. The molecule has 0 amide bonds. The Balaban J connectivity index is 1.86. The molecule has 0 unspecified atom stereocenters. The molecule has 1 fully saturated rings. The van der Waals surface area contributed by atoms with Crippen LogP contribution in [0.1, 0.15) is 50.5 Å². The van der Waals surface area contributed by atoms with Gasteiger partial charge >= 0.3 is 0 Å². The summed E-state index contributed by atoms with van der Waals surface area (Å²) >= 11 is 0. The Morgan fingerprint density at radius 3 is 2.17 bits per heavy atom. The topological polar surface area (TPSA) is 32.3 Å². The molecular formula is C16H25NO. The number of anilines is 1. The molecule has 0 aromatic heterocycles. The first-order chi connectivity index (χ1) is 8.88. The molecule has 0 atom stereocenters. The fourth-order valence-corrected chi connectivity index (χ4v) is 2.73. The second-order valence-corrected chi connectivity index (χ2v) is 5.36. The van der Waals surface area contributed by atoms with E-state index in [2.05, 4.69) is 29.6 Å². The molecule has 1 saturated carbocycles. The SMILES string of the molecule is OCCc1ccc(NC2CCCCCCC2)cc1. The highest BCUT2D eigenvalue weighted by Gasteiger charge is 2.10. The molecule has 2 heteroatoms. The zero-order chi connectivity index (χ0) is 12.6. The van der Waals surface area contributed by atoms with Crippen LogP contribution in [0.25, 0.3) is 0 Å². The van der Waals surface area contributed by atoms with Crippen LogP contribution in [0.3, 0.4) is 0 Å². The molecule has 1 aliphatic rings. The molecule has 100 valence electrons. The molecule has 18 heavy (non-hydrogen) atoms. The van der Waals surface area contributed by atoms with Crippen LogP contribution in [0.2, 0.25) is 0 Å². The molecule has 1 aromatic rings. The fraction of sp³-hybridized carbons (Fsp3) is 0.625. The Morgan fingerprint density at radius 1 is 0.944 bits per heavy atom. The van der Waals surface area contributed by atoms with Crippen molar-refractivity contribution >= 4 is 5.69 Å². The third-order valence-electron chi connectivity index (χ3n) is 3.83. The van der Waals surface area contributed by atoms with Crippen LogP contribution in [0, 0.1) is 0 Å². The molecule has 0 aliphatic heterocycles. The van der Waals surface area contributed by atoms with E-state index in [9.17, 15) is 0 Å². The number of nitrogens with one attached hydrogen (secondary N) is 1. The molecule has 2 nitrogen and oxygen atoms in total. The monoisotopic (exact) mass is 247 g/mol. The Labute approximate surface area is 110 Å². The van der Waals surface area contributed by atoms with E-state index in [1.54, 1.807) is 0 Å². The number of aliphatic hydroxyl groups excluding tert-OH is 1. The lowest BCUT2D eigenvalue weighted by Gasteiger charge is -2.22. The Morgan fingerprint density at radius 2 is 1.56 bits per heavy atom. The molecule has 0 saturated heterocycles. The smallest absolute Gasteiger partial charge is 0.0471 e. The van der Waals surface area contributed by atoms with Gasteiger partial charge in [0.1, 0.15) is 0 Å². The Hall–Kier alpha value is -1.02. The third kappa shape index (κ3) is 4.34. The molecule has 0 bridgehead atoms. The highest BCUT2D eigenvalue weighted by atomic mass is 16.2. The number of benzene rings is 1. The zero-order valence-corrected chi connectivity index (χ0v) is 11.2. The lowest BCUT2D eigenvalue weighted by Crippen LogP contribution is -2.20. The Bertz CT molecular complexity index is 325. The largest absolute Gasteiger partial charge is 0.396 e. The summed E-state index contributed by atoms with van der Waals surface area (Å²) in [5, 5.41) is 12.5. The van der Waals surface area contributed by atoms with Crippen LogP contribution in [-0.4, -0.2) is 17.8 Å². The van der Waals surface area contributed by atoms with Crippen molar-refractivity contribution < 1.29 is 5.11 Å². The van der Waals surface area contributed by atoms with E-state index >= 15 is 0 Å². The van der Waals surface area contributed by atoms with E-state index in [0.717, 1.165) is 6.42 Å². The van der Waals surface area contributed by atoms with Crippen molar-refractivity contribution in [3.63, 3.8) is 0 Å². The van der Waals surface area contributed by atoms with E-state index < -0.39 is 0 Å². The lowest BCUT2D eigenvalue weighted by molar-refractivity contribution is 0.299. The number of aliphatic hydroxyl groups is 1. The van der Waals surface area contributed by atoms with Gasteiger partial charge in [-0.1, -0.05) is 44.2 Å². The number of hydrogen-bond acceptors (Lipinski definition) is 2. The second kappa shape index (κ2) is 7.42. The van der Waals surface area contributed by atoms with Crippen molar-refractivity contribution in [3.8, 4) is 0 Å². The van der Waals surface area contributed by atoms with Gasteiger partial charge in [0, 0.05) is 18.3 Å². The number of rotatable bonds is 4. The van der Waals surface area contributed by atoms with Gasteiger partial charge in [-0.15, -0.1) is 0 Å². The first-order valence-corrected chi connectivity index (χ1v) is 7.35. The van der Waals surface area contributed by atoms with Crippen LogP contribution in [-0.2, 0) is 6.42 Å². The summed E-state index contributed by atoms with van der Waals surface area (Å²) in [6.45, 7) is 0.232. The standard InChI is InChI=1S/C16H25NO/c18-13-12-14-8-10-16(11-9-14)17-15-6-4-2-1-3-5-7-15/h8-11,15,17-18H,1-7,12-13H2. The first kappa shape index (κ1) is 13.4. The molecular weight excluding hydrogens is 222 g/mol. The normalized spacial score (nSPS) is 18.1. The van der Waals surface area contributed by atoms with Gasteiger partial charge in [0.25, 0.3) is 0 Å². The van der Waals surface area contributed by atoms with Crippen LogP contribution >= 0.6 is 0 Å². The summed E-state index contributed by atoms with van der Waals surface area (Å²) in [5.41, 5.74) is 2.43. The highest BCUT2D eigenvalue weighted by Crippen LogP contribution is 2.21. The van der Waals surface area contributed by atoms with Crippen molar-refractivity contribution in [2.75, 3.05) is 11.9 Å². The number of hydrogen-bond donors (Lipinski definition) is 2. The van der Waals surface area contributed by atoms with Gasteiger partial charge in [0.05, 0.1) is 0 Å². The summed E-state index contributed by atoms with van der Waals surface area (Å²) in [6, 6.07) is 9.16. The van der Waals surface area contributed by atoms with Crippen LogP contribution in [0.4, 0.5) is 5.69 Å². The quantitative estimate of drug-likeness (QED) is 0.849. The summed E-state index contributed by atoms with van der Waals surface area (Å²) in [7, 11) is 0. The summed E-state index contributed by atoms with van der Waals surface area (Å²) < 4.78 is 0. The van der Waals surface area contributed by atoms with E-state index in [1.165, 1.54) is 56.2 Å². The maximum atomic E-state index is 8.89. The average Bonchev–Trinajstić information content (AvgIpc) is 2.35. The van der Waals surface area contributed by atoms with Gasteiger partial charge < -0.3 is 10.4 Å². The lowest BCUT2D eigenvalue weighted by atomic mass is 9.96. The predicted octanol–water partition coefficient (Wildman–Crippen LogP) is 3.75. The van der Waals surface area contributed by atoms with E-state index in [1.807, 2.05) is 0 Å². The summed E-state index contributed by atoms with van der Waals surface area (Å²) in [5.74, 6) is 0. The minimum absolute atomic E-state index is 0.232. The van der Waals surface area contributed by atoms with Crippen molar-refractivity contribution in [1.82, 2.24) is 0 Å². The van der Waals surface area contributed by atoms with Gasteiger partial charge in [0.15, 0.2) is 0 Å². The van der Waals surface area contributed by atoms with Gasteiger partial charge in [-0.25, -0.2) is 0 Å². The maximum absolute atomic E-state index is 8.89. The van der Waals surface area contributed by atoms with E-state index in [0.29, 0.717) is 6.04 Å². The molecule has 1 aromatic carbocycles. The highest BCUT2D eigenvalue weighted by molar-refractivity contribution is 5.45. The summed E-state index contributed by atoms with van der Waals surface area (Å²) in [4.78, 5) is 0. The minimum atomic E-state index is 0.232. The first-order valence-electron chi connectivity index (χ1n) is 7.35. The molecule has 0 heterocycles. The maximum Gasteiger partial charge on any atom is 0.0471 e. The van der Waals surface area contributed by atoms with Gasteiger partial charge in [0.2, 0.25) is 0 Å². The van der Waals surface area contributed by atoms with E-state index in [-0.39, 0.29) is 6.61 Å². The Kier molecular flexibility index (Phi) is 5.53. The van der Waals surface area contributed by atoms with Crippen LogP contribution in [0.5, 0.6) is 0 Å². The molecule has 2 rings (SSSR count). The van der Waals surface area contributed by atoms with Crippen LogP contribution in [0.15, 0.2) is 24.3 Å². The third-order valence-corrected chi connectivity index (χ3v) is 3.83. The van der Waals surface area contributed by atoms with Crippen molar-refractivity contribution in [2.45, 2.75) is 57.4 Å². The van der Waals surface area contributed by atoms with Crippen molar-refractivity contribution in [3.05, 3.63) is 29.8 Å². The van der Waals surface area contributed by atoms with Crippen molar-refractivity contribution in [1.29, 1.82) is 0 Å². The molecule has 2 N–H and O–H groups in total.